The number of aromatic nitrogens is 2. The third-order valence-electron chi connectivity index (χ3n) is 4.85. The molecule has 134 valence electrons. The number of rotatable bonds is 3. The van der Waals surface area contributed by atoms with Crippen LogP contribution in [0.15, 0.2) is 42.0 Å². The number of likely N-dealkylation sites (tertiary alicyclic amines) is 1. The maximum absolute atomic E-state index is 12.5. The smallest absolute Gasteiger partial charge is 0.227 e. The van der Waals surface area contributed by atoms with E-state index < -0.39 is 0 Å². The van der Waals surface area contributed by atoms with Crippen molar-refractivity contribution in [2.75, 3.05) is 18.4 Å². The van der Waals surface area contributed by atoms with Gasteiger partial charge in [0.15, 0.2) is 4.96 Å². The van der Waals surface area contributed by atoms with Crippen molar-refractivity contribution in [1.82, 2.24) is 14.3 Å². The minimum absolute atomic E-state index is 0.0310. The molecule has 2 amide bonds. The quantitative estimate of drug-likeness (QED) is 0.772. The van der Waals surface area contributed by atoms with Crippen LogP contribution in [0.2, 0.25) is 0 Å². The normalized spacial score (nSPS) is 15.3. The molecule has 1 aliphatic rings. The third kappa shape index (κ3) is 3.35. The van der Waals surface area contributed by atoms with Gasteiger partial charge in [0, 0.05) is 55.0 Å². The van der Waals surface area contributed by atoms with Crippen molar-refractivity contribution in [3.8, 4) is 11.3 Å². The number of carbonyl (C=O) groups is 2. The first-order valence-corrected chi connectivity index (χ1v) is 9.57. The van der Waals surface area contributed by atoms with Gasteiger partial charge in [-0.2, -0.15) is 0 Å². The minimum Gasteiger partial charge on any atom is -0.343 e. The molecule has 26 heavy (non-hydrogen) atoms. The number of nitrogens with one attached hydrogen (secondary N) is 1. The predicted molar refractivity (Wildman–Crippen MR) is 102 cm³/mol. The average molecular weight is 368 g/mol. The lowest BCUT2D eigenvalue weighted by molar-refractivity contribution is -0.132. The number of nitrogens with zero attached hydrogens (tertiary/aromatic N) is 3. The van der Waals surface area contributed by atoms with E-state index in [1.807, 2.05) is 46.4 Å². The van der Waals surface area contributed by atoms with Crippen LogP contribution in [-0.2, 0) is 9.59 Å². The number of anilines is 1. The number of amides is 2. The highest BCUT2D eigenvalue weighted by Gasteiger charge is 2.26. The van der Waals surface area contributed by atoms with E-state index in [9.17, 15) is 9.59 Å². The van der Waals surface area contributed by atoms with Crippen LogP contribution in [-0.4, -0.2) is 39.2 Å². The molecular formula is C19H20N4O2S. The summed E-state index contributed by atoms with van der Waals surface area (Å²) in [5.41, 5.74) is 2.73. The summed E-state index contributed by atoms with van der Waals surface area (Å²) in [5, 5.41) is 5.00. The van der Waals surface area contributed by atoms with Gasteiger partial charge in [-0.05, 0) is 25.0 Å². The van der Waals surface area contributed by atoms with Crippen molar-refractivity contribution in [2.24, 2.45) is 5.92 Å². The summed E-state index contributed by atoms with van der Waals surface area (Å²) in [4.78, 5) is 31.2. The molecule has 0 aliphatic carbocycles. The topological polar surface area (TPSA) is 66.7 Å². The molecule has 1 saturated heterocycles. The van der Waals surface area contributed by atoms with Crippen molar-refractivity contribution in [2.45, 2.75) is 19.8 Å². The fourth-order valence-corrected chi connectivity index (χ4v) is 3.99. The van der Waals surface area contributed by atoms with Gasteiger partial charge in [0.05, 0.1) is 5.69 Å². The average Bonchev–Trinajstić information content (AvgIpc) is 3.24. The van der Waals surface area contributed by atoms with Crippen LogP contribution < -0.4 is 5.32 Å². The Kier molecular flexibility index (Phi) is 4.46. The second kappa shape index (κ2) is 6.92. The molecule has 0 atom stereocenters. The minimum atomic E-state index is -0.0368. The molecule has 4 rings (SSSR count). The fourth-order valence-electron chi connectivity index (χ4n) is 3.29. The number of hydrogen-bond acceptors (Lipinski definition) is 4. The van der Waals surface area contributed by atoms with E-state index >= 15 is 0 Å². The largest absolute Gasteiger partial charge is 0.343 e. The van der Waals surface area contributed by atoms with Gasteiger partial charge in [0.1, 0.15) is 0 Å². The Labute approximate surface area is 155 Å². The molecule has 0 unspecified atom stereocenters. The lowest BCUT2D eigenvalue weighted by Crippen LogP contribution is -2.40. The van der Waals surface area contributed by atoms with E-state index in [4.69, 9.17) is 0 Å². The molecule has 3 heterocycles. The molecule has 0 saturated carbocycles. The van der Waals surface area contributed by atoms with Crippen LogP contribution in [0.25, 0.3) is 16.2 Å². The summed E-state index contributed by atoms with van der Waals surface area (Å²) in [5.74, 6) is 0.0762. The molecule has 1 fully saturated rings. The molecule has 0 bridgehead atoms. The Hall–Kier alpha value is -2.67. The van der Waals surface area contributed by atoms with Gasteiger partial charge < -0.3 is 10.2 Å². The second-order valence-electron chi connectivity index (χ2n) is 6.57. The number of benzene rings is 1. The summed E-state index contributed by atoms with van der Waals surface area (Å²) in [6.07, 6.45) is 5.43. The van der Waals surface area contributed by atoms with Crippen molar-refractivity contribution < 1.29 is 9.59 Å². The highest BCUT2D eigenvalue weighted by Crippen LogP contribution is 2.24. The van der Waals surface area contributed by atoms with Crippen LogP contribution in [0.5, 0.6) is 0 Å². The van der Waals surface area contributed by atoms with Gasteiger partial charge in [-0.15, -0.1) is 11.3 Å². The molecule has 6 nitrogen and oxygen atoms in total. The maximum atomic E-state index is 12.5. The molecule has 3 aromatic rings. The summed E-state index contributed by atoms with van der Waals surface area (Å²) in [7, 11) is 0. The standard InChI is InChI=1S/C19H20N4O2S/c1-13(24)22-8-6-15(7-9-22)18(25)20-16-4-2-14(3-5-16)17-12-23-10-11-26-19(23)21-17/h2-5,10-12,15H,6-9H2,1H3,(H,20,25). The lowest BCUT2D eigenvalue weighted by Gasteiger charge is -2.30. The lowest BCUT2D eigenvalue weighted by atomic mass is 9.95. The van der Waals surface area contributed by atoms with Crippen molar-refractivity contribution in [3.05, 3.63) is 42.0 Å². The molecule has 2 aromatic heterocycles. The highest BCUT2D eigenvalue weighted by atomic mass is 32.1. The van der Waals surface area contributed by atoms with Crippen LogP contribution in [0, 0.1) is 5.92 Å². The van der Waals surface area contributed by atoms with Crippen molar-refractivity contribution in [1.29, 1.82) is 0 Å². The number of hydrogen-bond donors (Lipinski definition) is 1. The molecule has 0 radical (unpaired) electrons. The molecule has 1 N–H and O–H groups in total. The summed E-state index contributed by atoms with van der Waals surface area (Å²) in [6.45, 7) is 2.89. The van der Waals surface area contributed by atoms with E-state index in [1.165, 1.54) is 0 Å². The van der Waals surface area contributed by atoms with Gasteiger partial charge in [-0.25, -0.2) is 4.98 Å². The van der Waals surface area contributed by atoms with E-state index in [1.54, 1.807) is 23.2 Å². The highest BCUT2D eigenvalue weighted by molar-refractivity contribution is 7.15. The van der Waals surface area contributed by atoms with Crippen LogP contribution in [0.3, 0.4) is 0 Å². The van der Waals surface area contributed by atoms with Crippen LogP contribution >= 0.6 is 11.3 Å². The Morgan fingerprint density at radius 2 is 1.92 bits per heavy atom. The monoisotopic (exact) mass is 368 g/mol. The van der Waals surface area contributed by atoms with E-state index in [-0.39, 0.29) is 17.7 Å². The molecule has 1 aliphatic heterocycles. The summed E-state index contributed by atoms with van der Waals surface area (Å²) < 4.78 is 2.00. The van der Waals surface area contributed by atoms with Gasteiger partial charge >= 0.3 is 0 Å². The first-order valence-electron chi connectivity index (χ1n) is 8.69. The molecule has 1 aromatic carbocycles. The zero-order chi connectivity index (χ0) is 18.1. The van der Waals surface area contributed by atoms with Gasteiger partial charge in [0.25, 0.3) is 0 Å². The molecule has 7 heteroatoms. The van der Waals surface area contributed by atoms with E-state index in [0.717, 1.165) is 34.7 Å². The maximum Gasteiger partial charge on any atom is 0.227 e. The zero-order valence-electron chi connectivity index (χ0n) is 14.5. The van der Waals surface area contributed by atoms with Crippen LogP contribution in [0.1, 0.15) is 19.8 Å². The fraction of sp³-hybridized carbons (Fsp3) is 0.316. The number of thiazole rings is 1. The Morgan fingerprint density at radius 3 is 2.58 bits per heavy atom. The Morgan fingerprint density at radius 1 is 1.19 bits per heavy atom. The third-order valence-corrected chi connectivity index (χ3v) is 5.62. The van der Waals surface area contributed by atoms with Gasteiger partial charge in [-0.1, -0.05) is 12.1 Å². The molecule has 0 spiro atoms. The number of carbonyl (C=O) groups excluding carboxylic acids is 2. The number of fused-ring (bicyclic) bond motifs is 1. The Bertz CT molecular complexity index is 908. The Balaban J connectivity index is 1.39. The van der Waals surface area contributed by atoms with Crippen LogP contribution in [0.4, 0.5) is 5.69 Å². The van der Waals surface area contributed by atoms with E-state index in [0.29, 0.717) is 13.1 Å². The summed E-state index contributed by atoms with van der Waals surface area (Å²) in [6, 6.07) is 7.76. The van der Waals surface area contributed by atoms with E-state index in [2.05, 4.69) is 10.3 Å². The van der Waals surface area contributed by atoms with Crippen molar-refractivity contribution >= 4 is 33.8 Å². The van der Waals surface area contributed by atoms with Gasteiger partial charge in [-0.3, -0.25) is 14.0 Å². The zero-order valence-corrected chi connectivity index (χ0v) is 15.3. The molecular weight excluding hydrogens is 348 g/mol. The second-order valence-corrected chi connectivity index (χ2v) is 7.44. The predicted octanol–water partition coefficient (Wildman–Crippen LogP) is 3.26. The van der Waals surface area contributed by atoms with Gasteiger partial charge in [0.2, 0.25) is 11.8 Å². The first kappa shape index (κ1) is 16.8. The number of piperidine rings is 1. The first-order chi connectivity index (χ1) is 12.6. The number of imidazole rings is 1. The summed E-state index contributed by atoms with van der Waals surface area (Å²) >= 11 is 1.60. The van der Waals surface area contributed by atoms with Crippen molar-refractivity contribution in [3.63, 3.8) is 0 Å². The SMILES string of the molecule is CC(=O)N1CCC(C(=O)Nc2ccc(-c3cn4ccsc4n3)cc2)CC1.